The van der Waals surface area contributed by atoms with Gasteiger partial charge in [-0.05, 0) is 105 Å². The molecule has 0 aliphatic carbocycles. The summed E-state index contributed by atoms with van der Waals surface area (Å²) in [7, 11) is 1.28. The van der Waals surface area contributed by atoms with E-state index in [0.29, 0.717) is 29.4 Å². The van der Waals surface area contributed by atoms with E-state index in [1.807, 2.05) is 26.8 Å². The molecule has 0 unspecified atom stereocenters. The summed E-state index contributed by atoms with van der Waals surface area (Å²) in [6, 6.07) is 12.3. The molecule has 2 heterocycles. The molecule has 0 spiro atoms. The third kappa shape index (κ3) is 7.31. The maximum atomic E-state index is 12.4. The first-order valence-corrected chi connectivity index (χ1v) is 14.8. The van der Waals surface area contributed by atoms with E-state index in [1.54, 1.807) is 31.3 Å². The van der Waals surface area contributed by atoms with Gasteiger partial charge in [-0.1, -0.05) is 6.07 Å². The number of methoxy groups -OCH3 is 1. The van der Waals surface area contributed by atoms with Crippen molar-refractivity contribution >= 4 is 40.8 Å². The van der Waals surface area contributed by atoms with Gasteiger partial charge in [0.05, 0.1) is 31.5 Å². The molecule has 12 heteroatoms. The molecule has 0 fully saturated rings. The number of hydrazone groups is 1. The molecular formula is C31H36IN5O6. The molecule has 4 rings (SSSR count). The van der Waals surface area contributed by atoms with Crippen LogP contribution >= 0.6 is 22.6 Å². The van der Waals surface area contributed by atoms with Gasteiger partial charge in [0.15, 0.2) is 17.7 Å². The van der Waals surface area contributed by atoms with Crippen LogP contribution in [0.15, 0.2) is 58.8 Å². The Hall–Kier alpha value is -4.04. The van der Waals surface area contributed by atoms with Gasteiger partial charge in [0.25, 0.3) is 0 Å². The van der Waals surface area contributed by atoms with E-state index in [2.05, 4.69) is 73.4 Å². The number of halogens is 1. The molecular weight excluding hydrogens is 665 g/mol. The number of hydrogen-bond donors (Lipinski definition) is 4. The lowest BCUT2D eigenvalue weighted by molar-refractivity contribution is -0.136. The minimum Gasteiger partial charge on any atom is -0.490 e. The van der Waals surface area contributed by atoms with Gasteiger partial charge in [-0.3, -0.25) is 5.43 Å². The monoisotopic (exact) mass is 701 g/mol. The molecule has 2 atom stereocenters. The summed E-state index contributed by atoms with van der Waals surface area (Å²) in [5.41, 5.74) is 9.31. The first-order chi connectivity index (χ1) is 20.5. The summed E-state index contributed by atoms with van der Waals surface area (Å²) in [6.07, 6.45) is 0.567. The van der Waals surface area contributed by atoms with Gasteiger partial charge in [-0.15, -0.1) is 0 Å². The van der Waals surface area contributed by atoms with Crippen molar-refractivity contribution in [3.8, 4) is 17.2 Å². The fraction of sp³-hybridized carbons (Fsp3) is 0.323. The predicted octanol–water partition coefficient (Wildman–Crippen LogP) is 4.53. The van der Waals surface area contributed by atoms with Crippen LogP contribution in [0, 0.1) is 24.3 Å². The van der Waals surface area contributed by atoms with E-state index in [4.69, 9.17) is 14.2 Å². The molecule has 3 aromatic rings. The number of ether oxygens (including phenoxy) is 3. The fourth-order valence-corrected chi connectivity index (χ4v) is 5.23. The van der Waals surface area contributed by atoms with Gasteiger partial charge in [0, 0.05) is 31.9 Å². The summed E-state index contributed by atoms with van der Waals surface area (Å²) in [5.74, 6) is 0.214. The number of carbonyl (C=O) groups is 2. The molecule has 0 saturated carbocycles. The maximum absolute atomic E-state index is 12.4. The summed E-state index contributed by atoms with van der Waals surface area (Å²) < 4.78 is 19.9. The number of aliphatic hydroxyl groups excluding tert-OH is 1. The van der Waals surface area contributed by atoms with E-state index >= 15 is 0 Å². The standard InChI is InChI=1S/C31H36IN5O6/c1-7-42-26-14-21(29-28(30(39)41-6)19(4)34-31(40)35-29)8-11-25(26)43-16-27(38)36-33-15-22-13-18(3)37(20(22)5)23-9-10-24(32)17(2)12-23/h8-15,27,29,36,38H,7,16H2,1-6H3,(H2,34,35,40)/b33-15+/t27-,29+/m0/s1. The van der Waals surface area contributed by atoms with Crippen molar-refractivity contribution in [3.63, 3.8) is 0 Å². The molecule has 4 N–H and O–H groups in total. The highest BCUT2D eigenvalue weighted by atomic mass is 127. The Morgan fingerprint density at radius 3 is 2.60 bits per heavy atom. The Morgan fingerprint density at radius 2 is 1.91 bits per heavy atom. The zero-order valence-corrected chi connectivity index (χ0v) is 27.1. The lowest BCUT2D eigenvalue weighted by Crippen LogP contribution is -2.45. The number of amides is 2. The molecule has 0 bridgehead atoms. The predicted molar refractivity (Wildman–Crippen MR) is 172 cm³/mol. The van der Waals surface area contributed by atoms with Gasteiger partial charge in [-0.2, -0.15) is 5.10 Å². The van der Waals surface area contributed by atoms with Crippen LogP contribution in [0.4, 0.5) is 4.79 Å². The van der Waals surface area contributed by atoms with Crippen molar-refractivity contribution < 1.29 is 28.9 Å². The number of allylic oxidation sites excluding steroid dienone is 1. The van der Waals surface area contributed by atoms with E-state index < -0.39 is 24.3 Å². The van der Waals surface area contributed by atoms with Crippen LogP contribution in [0.25, 0.3) is 5.69 Å². The maximum Gasteiger partial charge on any atom is 0.337 e. The number of nitrogens with zero attached hydrogens (tertiary/aromatic N) is 2. The number of esters is 1. The van der Waals surface area contributed by atoms with Crippen molar-refractivity contribution in [1.29, 1.82) is 0 Å². The Bertz CT molecular complexity index is 1580. The minimum atomic E-state index is -1.10. The molecule has 1 aliphatic heterocycles. The van der Waals surface area contributed by atoms with E-state index in [-0.39, 0.29) is 12.2 Å². The van der Waals surface area contributed by atoms with E-state index in [0.717, 1.165) is 22.6 Å². The Balaban J connectivity index is 1.43. The number of benzene rings is 2. The molecule has 0 saturated heterocycles. The lowest BCUT2D eigenvalue weighted by Gasteiger charge is -2.28. The molecule has 2 aromatic carbocycles. The minimum absolute atomic E-state index is 0.117. The number of aromatic nitrogens is 1. The third-order valence-electron chi connectivity index (χ3n) is 6.97. The van der Waals surface area contributed by atoms with Crippen LogP contribution in [-0.4, -0.2) is 54.4 Å². The molecule has 228 valence electrons. The molecule has 11 nitrogen and oxygen atoms in total. The third-order valence-corrected chi connectivity index (χ3v) is 8.18. The highest BCUT2D eigenvalue weighted by Crippen LogP contribution is 2.35. The first-order valence-electron chi connectivity index (χ1n) is 13.7. The molecule has 43 heavy (non-hydrogen) atoms. The molecule has 1 aromatic heterocycles. The summed E-state index contributed by atoms with van der Waals surface area (Å²) in [4.78, 5) is 24.6. The van der Waals surface area contributed by atoms with Gasteiger partial charge < -0.3 is 34.5 Å². The number of rotatable bonds is 11. The zero-order valence-electron chi connectivity index (χ0n) is 24.9. The highest BCUT2D eigenvalue weighted by molar-refractivity contribution is 14.1. The number of aryl methyl sites for hydroxylation is 2. The normalized spacial score (nSPS) is 15.6. The second kappa shape index (κ2) is 14.0. The van der Waals surface area contributed by atoms with E-state index in [9.17, 15) is 14.7 Å². The Kier molecular flexibility index (Phi) is 10.3. The number of aliphatic hydroxyl groups is 1. The molecule has 1 aliphatic rings. The number of carbonyl (C=O) groups excluding carboxylic acids is 2. The Labute approximate surface area is 264 Å². The van der Waals surface area contributed by atoms with Gasteiger partial charge in [0.1, 0.15) is 6.61 Å². The molecule has 0 radical (unpaired) electrons. The van der Waals surface area contributed by atoms with E-state index in [1.165, 1.54) is 16.2 Å². The first kappa shape index (κ1) is 31.9. The number of hydrogen-bond acceptors (Lipinski definition) is 8. The fourth-order valence-electron chi connectivity index (χ4n) is 4.90. The lowest BCUT2D eigenvalue weighted by atomic mass is 9.95. The number of nitrogens with one attached hydrogen (secondary N) is 3. The highest BCUT2D eigenvalue weighted by Gasteiger charge is 2.32. The quantitative estimate of drug-likeness (QED) is 0.0759. The summed E-state index contributed by atoms with van der Waals surface area (Å²) in [5, 5.41) is 20.1. The average molecular weight is 702 g/mol. The second-order valence-electron chi connectivity index (χ2n) is 10.0. The Morgan fingerprint density at radius 1 is 1.14 bits per heavy atom. The van der Waals surface area contributed by atoms with Crippen molar-refractivity contribution in [3.05, 3.63) is 85.4 Å². The van der Waals surface area contributed by atoms with Crippen LogP contribution in [0.5, 0.6) is 11.5 Å². The van der Waals surface area contributed by atoms with Crippen molar-refractivity contribution in [2.24, 2.45) is 5.10 Å². The topological polar surface area (TPSA) is 135 Å². The molecule has 2 amide bonds. The van der Waals surface area contributed by atoms with Gasteiger partial charge >= 0.3 is 12.0 Å². The number of urea groups is 1. The average Bonchev–Trinajstić information content (AvgIpc) is 3.25. The SMILES string of the molecule is CCOc1cc([C@H]2NC(=O)NC(C)=C2C(=O)OC)ccc1OC[C@H](O)N/N=C/c1cc(C)n(-c2ccc(I)c(C)c2)c1C. The van der Waals surface area contributed by atoms with Gasteiger partial charge in [-0.25, -0.2) is 9.59 Å². The van der Waals surface area contributed by atoms with Crippen molar-refractivity contribution in [1.82, 2.24) is 20.6 Å². The second-order valence-corrected chi connectivity index (χ2v) is 11.2. The van der Waals surface area contributed by atoms with Crippen LogP contribution in [0.1, 0.15) is 48.0 Å². The van der Waals surface area contributed by atoms with Crippen LogP contribution in [0.3, 0.4) is 0 Å². The summed E-state index contributed by atoms with van der Waals surface area (Å²) in [6.45, 7) is 9.86. The van der Waals surface area contributed by atoms with Crippen LogP contribution < -0.4 is 25.5 Å². The smallest absolute Gasteiger partial charge is 0.337 e. The van der Waals surface area contributed by atoms with Crippen molar-refractivity contribution in [2.45, 2.75) is 46.9 Å². The van der Waals surface area contributed by atoms with Crippen molar-refractivity contribution in [2.75, 3.05) is 20.3 Å². The summed E-state index contributed by atoms with van der Waals surface area (Å²) >= 11 is 2.33. The van der Waals surface area contributed by atoms with Crippen LogP contribution in [-0.2, 0) is 9.53 Å². The zero-order chi connectivity index (χ0) is 31.3. The van der Waals surface area contributed by atoms with Gasteiger partial charge in [0.2, 0.25) is 0 Å². The van der Waals surface area contributed by atoms with Crippen LogP contribution in [0.2, 0.25) is 0 Å². The largest absolute Gasteiger partial charge is 0.490 e.